The number of sulfonamides is 1. The van der Waals surface area contributed by atoms with Crippen LogP contribution in [0.25, 0.3) is 0 Å². The summed E-state index contributed by atoms with van der Waals surface area (Å²) < 4.78 is 72.5. The highest BCUT2D eigenvalue weighted by Crippen LogP contribution is 2.37. The largest absolute Gasteiger partial charge is 0.478 e. The molecule has 0 radical (unpaired) electrons. The summed E-state index contributed by atoms with van der Waals surface area (Å²) in [4.78, 5) is 28.0. The molecule has 3 aromatic rings. The van der Waals surface area contributed by atoms with Crippen molar-refractivity contribution < 1.29 is 41.0 Å². The van der Waals surface area contributed by atoms with Crippen molar-refractivity contribution in [2.45, 2.75) is 11.1 Å². The quantitative estimate of drug-likeness (QED) is 0.299. The van der Waals surface area contributed by atoms with E-state index in [1.165, 1.54) is 24.3 Å². The molecule has 1 N–H and O–H groups in total. The number of anilines is 1. The first-order valence-corrected chi connectivity index (χ1v) is 11.9. The van der Waals surface area contributed by atoms with Crippen molar-refractivity contribution >= 4 is 50.7 Å². The van der Waals surface area contributed by atoms with E-state index in [-0.39, 0.29) is 16.1 Å². The number of pyridine rings is 1. The van der Waals surface area contributed by atoms with Crippen molar-refractivity contribution in [3.8, 4) is 0 Å². The zero-order valence-corrected chi connectivity index (χ0v) is 20.4. The third kappa shape index (κ3) is 5.46. The summed E-state index contributed by atoms with van der Waals surface area (Å²) >= 11 is 11.6. The summed E-state index contributed by atoms with van der Waals surface area (Å²) in [6.07, 6.45) is -3.92. The molecule has 14 heteroatoms. The van der Waals surface area contributed by atoms with Crippen molar-refractivity contribution in [1.82, 2.24) is 4.98 Å². The first-order chi connectivity index (χ1) is 16.8. The van der Waals surface area contributed by atoms with Gasteiger partial charge in [0.25, 0.3) is 10.0 Å². The lowest BCUT2D eigenvalue weighted by molar-refractivity contribution is -0.137. The fourth-order valence-electron chi connectivity index (χ4n) is 3.18. The minimum atomic E-state index is -4.95. The Morgan fingerprint density at radius 1 is 1.08 bits per heavy atom. The number of carbonyl (C=O) groups excluding carboxylic acids is 1. The van der Waals surface area contributed by atoms with E-state index in [1.807, 2.05) is 0 Å². The molecular weight excluding hydrogens is 548 g/mol. The second-order valence-corrected chi connectivity index (χ2v) is 9.82. The van der Waals surface area contributed by atoms with Gasteiger partial charge in [0.15, 0.2) is 0 Å². The number of hydrogen-bond donors (Lipinski definition) is 1. The molecule has 0 atom stereocenters. The maximum absolute atomic E-state index is 13.5. The number of halogens is 5. The first-order valence-electron chi connectivity index (χ1n) is 9.70. The standard InChI is InChI=1S/C22H15Cl2F3N2O6S/c1-35-11-29(36(33,34)13-6-7-17(24)16(9-13)22(25,26)27)18-8-12(23)10-28-19(18)20(30)14-4-2-3-5-15(14)21(31)32/h2-10H,11H2,1H3,(H,31,32). The van der Waals surface area contributed by atoms with Crippen LogP contribution in [0, 0.1) is 0 Å². The Morgan fingerprint density at radius 3 is 2.31 bits per heavy atom. The predicted molar refractivity (Wildman–Crippen MR) is 124 cm³/mol. The maximum atomic E-state index is 13.5. The van der Waals surface area contributed by atoms with Crippen molar-refractivity contribution in [3.63, 3.8) is 0 Å². The summed E-state index contributed by atoms with van der Waals surface area (Å²) in [7, 11) is -3.70. The van der Waals surface area contributed by atoms with Crippen molar-refractivity contribution in [3.05, 3.63) is 87.2 Å². The number of nitrogens with zero attached hydrogens (tertiary/aromatic N) is 2. The molecule has 0 aliphatic rings. The van der Waals surface area contributed by atoms with Gasteiger partial charge < -0.3 is 9.84 Å². The van der Waals surface area contributed by atoms with Crippen LogP contribution < -0.4 is 4.31 Å². The van der Waals surface area contributed by atoms with E-state index in [9.17, 15) is 36.3 Å². The second-order valence-electron chi connectivity index (χ2n) is 7.11. The van der Waals surface area contributed by atoms with Gasteiger partial charge in [0.1, 0.15) is 12.4 Å². The van der Waals surface area contributed by atoms with Crippen LogP contribution in [0.1, 0.15) is 32.0 Å². The molecule has 1 aromatic heterocycles. The van der Waals surface area contributed by atoms with Crippen LogP contribution in [0.15, 0.2) is 59.6 Å². The number of carbonyl (C=O) groups is 2. The Hall–Kier alpha value is -3.19. The fourth-order valence-corrected chi connectivity index (χ4v) is 4.96. The molecule has 0 aliphatic heterocycles. The van der Waals surface area contributed by atoms with Crippen LogP contribution in [0.3, 0.4) is 0 Å². The number of ether oxygens (including phenoxy) is 1. The second kappa shape index (κ2) is 10.4. The molecule has 0 unspecified atom stereocenters. The van der Waals surface area contributed by atoms with Gasteiger partial charge in [-0.15, -0.1) is 0 Å². The van der Waals surface area contributed by atoms with Crippen LogP contribution in [0.4, 0.5) is 18.9 Å². The summed E-state index contributed by atoms with van der Waals surface area (Å²) in [6, 6.07) is 8.17. The smallest absolute Gasteiger partial charge is 0.417 e. The average Bonchev–Trinajstić information content (AvgIpc) is 2.81. The number of hydrogen-bond acceptors (Lipinski definition) is 6. The van der Waals surface area contributed by atoms with Gasteiger partial charge in [-0.3, -0.25) is 4.79 Å². The van der Waals surface area contributed by atoms with E-state index in [1.54, 1.807) is 0 Å². The highest BCUT2D eigenvalue weighted by atomic mass is 35.5. The molecule has 3 rings (SSSR count). The molecule has 2 aromatic carbocycles. The minimum absolute atomic E-state index is 0.114. The molecule has 0 saturated carbocycles. The molecule has 0 spiro atoms. The summed E-state index contributed by atoms with van der Waals surface area (Å²) in [5.41, 5.74) is -3.05. The minimum Gasteiger partial charge on any atom is -0.478 e. The van der Waals surface area contributed by atoms with Gasteiger partial charge in [0.05, 0.1) is 31.8 Å². The van der Waals surface area contributed by atoms with Gasteiger partial charge >= 0.3 is 12.1 Å². The predicted octanol–water partition coefficient (Wildman–Crippen LogP) is 5.14. The molecule has 0 saturated heterocycles. The fraction of sp³-hybridized carbons (Fsp3) is 0.136. The van der Waals surface area contributed by atoms with Crippen molar-refractivity contribution in [2.75, 3.05) is 18.1 Å². The van der Waals surface area contributed by atoms with E-state index in [4.69, 9.17) is 27.9 Å². The van der Waals surface area contributed by atoms with E-state index < -0.39 is 61.5 Å². The number of carboxylic acid groups (broad SMARTS) is 1. The summed E-state index contributed by atoms with van der Waals surface area (Å²) in [5.74, 6) is -2.39. The molecular formula is C22H15Cl2F3N2O6S. The summed E-state index contributed by atoms with van der Waals surface area (Å²) in [6.45, 7) is -0.755. The van der Waals surface area contributed by atoms with E-state index in [0.29, 0.717) is 10.4 Å². The topological polar surface area (TPSA) is 114 Å². The Bertz CT molecular complexity index is 1450. The normalized spacial score (nSPS) is 11.8. The Kier molecular flexibility index (Phi) is 7.94. The van der Waals surface area contributed by atoms with E-state index in [0.717, 1.165) is 31.5 Å². The Morgan fingerprint density at radius 2 is 1.72 bits per heavy atom. The number of aromatic carboxylic acids is 1. The molecule has 0 bridgehead atoms. The van der Waals surface area contributed by atoms with Crippen LogP contribution >= 0.6 is 23.2 Å². The number of carboxylic acids is 1. The SMILES string of the molecule is COCN(c1cc(Cl)cnc1C(=O)c1ccccc1C(=O)O)S(=O)(=O)c1ccc(Cl)c(C(F)(F)F)c1. The number of rotatable bonds is 8. The summed E-state index contributed by atoms with van der Waals surface area (Å²) in [5, 5.41) is 8.61. The molecule has 0 fully saturated rings. The van der Waals surface area contributed by atoms with Crippen molar-refractivity contribution in [2.24, 2.45) is 0 Å². The van der Waals surface area contributed by atoms with Gasteiger partial charge in [0.2, 0.25) is 5.78 Å². The van der Waals surface area contributed by atoms with E-state index in [2.05, 4.69) is 4.98 Å². The van der Waals surface area contributed by atoms with Gasteiger partial charge in [0, 0.05) is 18.9 Å². The molecule has 1 heterocycles. The Labute approximate surface area is 212 Å². The van der Waals surface area contributed by atoms with Crippen LogP contribution in [-0.4, -0.2) is 44.1 Å². The lowest BCUT2D eigenvalue weighted by Crippen LogP contribution is -2.34. The number of methoxy groups -OCH3 is 1. The monoisotopic (exact) mass is 562 g/mol. The van der Waals surface area contributed by atoms with Gasteiger partial charge in [-0.05, 0) is 30.3 Å². The number of aromatic nitrogens is 1. The van der Waals surface area contributed by atoms with Gasteiger partial charge in [-0.1, -0.05) is 41.4 Å². The zero-order chi connectivity index (χ0) is 26.8. The highest BCUT2D eigenvalue weighted by Gasteiger charge is 2.37. The van der Waals surface area contributed by atoms with Crippen LogP contribution in [-0.2, 0) is 20.9 Å². The number of benzene rings is 2. The molecule has 8 nitrogen and oxygen atoms in total. The number of ketones is 1. The third-order valence-electron chi connectivity index (χ3n) is 4.80. The first kappa shape index (κ1) is 27.4. The molecule has 190 valence electrons. The molecule has 0 amide bonds. The van der Waals surface area contributed by atoms with Gasteiger partial charge in [-0.25, -0.2) is 22.5 Å². The maximum Gasteiger partial charge on any atom is 0.417 e. The number of alkyl halides is 3. The third-order valence-corrected chi connectivity index (χ3v) is 7.07. The lowest BCUT2D eigenvalue weighted by Gasteiger charge is -2.25. The van der Waals surface area contributed by atoms with Crippen LogP contribution in [0.5, 0.6) is 0 Å². The molecule has 36 heavy (non-hydrogen) atoms. The zero-order valence-electron chi connectivity index (χ0n) is 18.1. The van der Waals surface area contributed by atoms with Crippen molar-refractivity contribution in [1.29, 1.82) is 0 Å². The van der Waals surface area contributed by atoms with Gasteiger partial charge in [-0.2, -0.15) is 13.2 Å². The lowest BCUT2D eigenvalue weighted by atomic mass is 10.0. The average molecular weight is 563 g/mol. The highest BCUT2D eigenvalue weighted by molar-refractivity contribution is 7.92. The molecule has 0 aliphatic carbocycles. The van der Waals surface area contributed by atoms with E-state index >= 15 is 0 Å². The Balaban J connectivity index is 2.23. The van der Waals surface area contributed by atoms with Crippen LogP contribution in [0.2, 0.25) is 10.0 Å².